The van der Waals surface area contributed by atoms with Crippen molar-refractivity contribution in [1.29, 1.82) is 0 Å². The lowest BCUT2D eigenvalue weighted by Crippen LogP contribution is -2.38. The topological polar surface area (TPSA) is 81.9 Å². The highest BCUT2D eigenvalue weighted by atomic mass is 127. The molecule has 1 aromatic heterocycles. The second kappa shape index (κ2) is 16.1. The standard InChI is InChI=1S/C18H35N5O3.HI/c1-6-19-18(20-8-7-10-26-13-12-25-5)21-14-17-15(2)22-23(16(17)3)9-11-24-4;/h6-14H2,1-5H3,(H2,19,20,21);1H. The van der Waals surface area contributed by atoms with E-state index in [0.717, 1.165) is 43.4 Å². The molecule has 0 atom stereocenters. The number of aromatic nitrogens is 2. The Morgan fingerprint density at radius 2 is 1.81 bits per heavy atom. The molecule has 0 aliphatic carbocycles. The fraction of sp³-hybridized carbons (Fsp3) is 0.778. The van der Waals surface area contributed by atoms with Gasteiger partial charge < -0.3 is 24.8 Å². The molecule has 0 radical (unpaired) electrons. The maximum atomic E-state index is 5.47. The molecule has 2 N–H and O–H groups in total. The highest BCUT2D eigenvalue weighted by Crippen LogP contribution is 2.14. The predicted octanol–water partition coefficient (Wildman–Crippen LogP) is 1.87. The van der Waals surface area contributed by atoms with Crippen LogP contribution >= 0.6 is 24.0 Å². The Morgan fingerprint density at radius 1 is 1.07 bits per heavy atom. The van der Waals surface area contributed by atoms with E-state index in [1.165, 1.54) is 5.56 Å². The molecule has 0 spiro atoms. The fourth-order valence-corrected chi connectivity index (χ4v) is 2.48. The Kier molecular flexibility index (Phi) is 15.5. The Balaban J connectivity index is 0.00000676. The van der Waals surface area contributed by atoms with E-state index in [1.54, 1.807) is 14.2 Å². The molecule has 0 bridgehead atoms. The SMILES string of the molecule is CCNC(=NCc1c(C)nn(CCOC)c1C)NCCCOCCOC.I. The maximum absolute atomic E-state index is 5.47. The average molecular weight is 497 g/mol. The van der Waals surface area contributed by atoms with Crippen LogP contribution in [-0.4, -0.2) is 69.5 Å². The highest BCUT2D eigenvalue weighted by molar-refractivity contribution is 14.0. The van der Waals surface area contributed by atoms with Crippen LogP contribution in [0.1, 0.15) is 30.3 Å². The normalized spacial score (nSPS) is 11.4. The number of ether oxygens (including phenoxy) is 3. The molecule has 0 aliphatic heterocycles. The molecule has 0 amide bonds. The van der Waals surface area contributed by atoms with Crippen LogP contribution in [0.2, 0.25) is 0 Å². The smallest absolute Gasteiger partial charge is 0.191 e. The molecule has 1 aromatic rings. The molecule has 0 aromatic carbocycles. The summed E-state index contributed by atoms with van der Waals surface area (Å²) in [6.07, 6.45) is 0.918. The van der Waals surface area contributed by atoms with Gasteiger partial charge in [0.05, 0.1) is 38.6 Å². The lowest BCUT2D eigenvalue weighted by molar-refractivity contribution is 0.0698. The number of hydrogen-bond acceptors (Lipinski definition) is 5. The lowest BCUT2D eigenvalue weighted by atomic mass is 10.2. The van der Waals surface area contributed by atoms with Gasteiger partial charge in [0.1, 0.15) is 0 Å². The number of halogens is 1. The Labute approximate surface area is 180 Å². The largest absolute Gasteiger partial charge is 0.383 e. The van der Waals surface area contributed by atoms with Crippen LogP contribution in [0.4, 0.5) is 0 Å². The first-order chi connectivity index (χ1) is 12.6. The number of aliphatic imine (C=N–C) groups is 1. The maximum Gasteiger partial charge on any atom is 0.191 e. The van der Waals surface area contributed by atoms with Crippen molar-refractivity contribution < 1.29 is 14.2 Å². The van der Waals surface area contributed by atoms with Crippen LogP contribution < -0.4 is 10.6 Å². The van der Waals surface area contributed by atoms with Crippen molar-refractivity contribution in [3.8, 4) is 0 Å². The van der Waals surface area contributed by atoms with E-state index in [-0.39, 0.29) is 24.0 Å². The van der Waals surface area contributed by atoms with Crippen molar-refractivity contribution in [2.24, 2.45) is 4.99 Å². The summed E-state index contributed by atoms with van der Waals surface area (Å²) in [5.41, 5.74) is 3.33. The van der Waals surface area contributed by atoms with E-state index in [1.807, 2.05) is 11.6 Å². The van der Waals surface area contributed by atoms with Gasteiger partial charge in [0.25, 0.3) is 0 Å². The summed E-state index contributed by atoms with van der Waals surface area (Å²) in [6.45, 7) is 11.8. The molecular weight excluding hydrogens is 461 g/mol. The minimum absolute atomic E-state index is 0. The third-order valence-corrected chi connectivity index (χ3v) is 3.97. The van der Waals surface area contributed by atoms with Crippen LogP contribution in [0, 0.1) is 13.8 Å². The van der Waals surface area contributed by atoms with Crippen molar-refractivity contribution in [2.75, 3.05) is 53.7 Å². The number of rotatable bonds is 13. The van der Waals surface area contributed by atoms with Gasteiger partial charge in [-0.3, -0.25) is 4.68 Å². The van der Waals surface area contributed by atoms with E-state index in [2.05, 4.69) is 29.6 Å². The molecule has 1 rings (SSSR count). The molecule has 27 heavy (non-hydrogen) atoms. The summed E-state index contributed by atoms with van der Waals surface area (Å²) >= 11 is 0. The van der Waals surface area contributed by atoms with Crippen LogP contribution in [0.25, 0.3) is 0 Å². The number of nitrogens with zero attached hydrogens (tertiary/aromatic N) is 3. The Hall–Kier alpha value is -0.910. The van der Waals surface area contributed by atoms with E-state index in [0.29, 0.717) is 33.0 Å². The fourth-order valence-electron chi connectivity index (χ4n) is 2.48. The van der Waals surface area contributed by atoms with Crippen molar-refractivity contribution in [1.82, 2.24) is 20.4 Å². The third kappa shape index (κ3) is 10.3. The molecule has 1 heterocycles. The van der Waals surface area contributed by atoms with Gasteiger partial charge in [-0.1, -0.05) is 0 Å². The molecule has 0 saturated carbocycles. The summed E-state index contributed by atoms with van der Waals surface area (Å²) in [6, 6.07) is 0. The summed E-state index contributed by atoms with van der Waals surface area (Å²) in [4.78, 5) is 4.70. The Morgan fingerprint density at radius 3 is 2.48 bits per heavy atom. The number of guanidine groups is 1. The zero-order valence-electron chi connectivity index (χ0n) is 17.3. The van der Waals surface area contributed by atoms with E-state index in [9.17, 15) is 0 Å². The van der Waals surface area contributed by atoms with E-state index < -0.39 is 0 Å². The van der Waals surface area contributed by atoms with Crippen LogP contribution in [0.15, 0.2) is 4.99 Å². The van der Waals surface area contributed by atoms with Gasteiger partial charge >= 0.3 is 0 Å². The zero-order chi connectivity index (χ0) is 19.2. The number of aryl methyl sites for hydroxylation is 1. The first-order valence-corrected chi connectivity index (χ1v) is 9.24. The number of nitrogens with one attached hydrogen (secondary N) is 2. The van der Waals surface area contributed by atoms with Gasteiger partial charge in [-0.05, 0) is 27.2 Å². The summed E-state index contributed by atoms with van der Waals surface area (Å²) < 4.78 is 17.5. The minimum Gasteiger partial charge on any atom is -0.383 e. The summed E-state index contributed by atoms with van der Waals surface area (Å²) in [5.74, 6) is 0.813. The number of methoxy groups -OCH3 is 2. The molecule has 0 unspecified atom stereocenters. The van der Waals surface area contributed by atoms with Crippen molar-refractivity contribution in [3.05, 3.63) is 17.0 Å². The first-order valence-electron chi connectivity index (χ1n) is 9.24. The second-order valence-electron chi connectivity index (χ2n) is 5.95. The molecule has 0 aliphatic rings. The molecule has 158 valence electrons. The lowest BCUT2D eigenvalue weighted by Gasteiger charge is -2.11. The minimum atomic E-state index is 0. The quantitative estimate of drug-likeness (QED) is 0.188. The molecule has 8 nitrogen and oxygen atoms in total. The van der Waals surface area contributed by atoms with E-state index >= 15 is 0 Å². The molecule has 0 saturated heterocycles. The van der Waals surface area contributed by atoms with Crippen molar-refractivity contribution >= 4 is 29.9 Å². The van der Waals surface area contributed by atoms with Gasteiger partial charge in [0.2, 0.25) is 0 Å². The van der Waals surface area contributed by atoms with Crippen molar-refractivity contribution in [2.45, 2.75) is 40.3 Å². The Bertz CT molecular complexity index is 537. The predicted molar refractivity (Wildman–Crippen MR) is 119 cm³/mol. The van der Waals surface area contributed by atoms with Gasteiger partial charge in [0.15, 0.2) is 5.96 Å². The van der Waals surface area contributed by atoms with Gasteiger partial charge in [-0.15, -0.1) is 24.0 Å². The van der Waals surface area contributed by atoms with Crippen molar-refractivity contribution in [3.63, 3.8) is 0 Å². The molecule has 9 heteroatoms. The average Bonchev–Trinajstić information content (AvgIpc) is 2.90. The van der Waals surface area contributed by atoms with Crippen LogP contribution in [-0.2, 0) is 27.3 Å². The van der Waals surface area contributed by atoms with Crippen LogP contribution in [0.5, 0.6) is 0 Å². The molecular formula is C18H36IN5O3. The molecule has 0 fully saturated rings. The monoisotopic (exact) mass is 497 g/mol. The second-order valence-corrected chi connectivity index (χ2v) is 5.95. The number of hydrogen-bond donors (Lipinski definition) is 2. The van der Waals surface area contributed by atoms with Gasteiger partial charge in [0, 0.05) is 45.2 Å². The zero-order valence-corrected chi connectivity index (χ0v) is 19.7. The van der Waals surface area contributed by atoms with Crippen LogP contribution in [0.3, 0.4) is 0 Å². The summed E-state index contributed by atoms with van der Waals surface area (Å²) in [5, 5.41) is 11.2. The van der Waals surface area contributed by atoms with Gasteiger partial charge in [-0.25, -0.2) is 4.99 Å². The summed E-state index contributed by atoms with van der Waals surface area (Å²) in [7, 11) is 3.38. The van der Waals surface area contributed by atoms with E-state index in [4.69, 9.17) is 19.2 Å². The first kappa shape index (κ1) is 26.1. The third-order valence-electron chi connectivity index (χ3n) is 3.97. The highest BCUT2D eigenvalue weighted by Gasteiger charge is 2.11. The van der Waals surface area contributed by atoms with Gasteiger partial charge in [-0.2, -0.15) is 5.10 Å².